The van der Waals surface area contributed by atoms with Gasteiger partial charge in [-0.05, 0) is 30.5 Å². The van der Waals surface area contributed by atoms with Gasteiger partial charge in [-0.15, -0.1) is 11.3 Å². The van der Waals surface area contributed by atoms with Gasteiger partial charge in [0.05, 0.1) is 22.9 Å². The van der Waals surface area contributed by atoms with E-state index in [1.165, 1.54) is 0 Å². The molecule has 0 N–H and O–H groups in total. The third-order valence-electron chi connectivity index (χ3n) is 2.89. The summed E-state index contributed by atoms with van der Waals surface area (Å²) < 4.78 is 10.4. The molecule has 112 valence electrons. The average Bonchev–Trinajstić information content (AvgIpc) is 2.93. The first-order chi connectivity index (χ1) is 10.2. The van der Waals surface area contributed by atoms with Gasteiger partial charge in [0.15, 0.2) is 0 Å². The number of hydrogen-bond acceptors (Lipinski definition) is 5. The maximum atomic E-state index is 12.0. The number of hydrogen-bond donors (Lipinski definition) is 0. The van der Waals surface area contributed by atoms with Gasteiger partial charge in [0.1, 0.15) is 6.61 Å². The Kier molecular flexibility index (Phi) is 5.90. The lowest BCUT2D eigenvalue weighted by molar-refractivity contribution is 0.0468. The highest BCUT2D eigenvalue weighted by atomic mass is 32.1. The highest BCUT2D eigenvalue weighted by Crippen LogP contribution is 2.14. The van der Waals surface area contributed by atoms with Gasteiger partial charge in [0.2, 0.25) is 0 Å². The quantitative estimate of drug-likeness (QED) is 0.733. The van der Waals surface area contributed by atoms with Gasteiger partial charge in [-0.25, -0.2) is 9.78 Å². The van der Waals surface area contributed by atoms with Crippen LogP contribution in [0.15, 0.2) is 29.6 Å². The summed E-state index contributed by atoms with van der Waals surface area (Å²) in [5.41, 5.74) is 2.30. The molecular formula is C16H19NO3S. The smallest absolute Gasteiger partial charge is 0.338 e. The van der Waals surface area contributed by atoms with Crippen molar-refractivity contribution in [1.29, 1.82) is 0 Å². The van der Waals surface area contributed by atoms with Crippen molar-refractivity contribution in [2.75, 3.05) is 7.11 Å². The second kappa shape index (κ2) is 7.90. The van der Waals surface area contributed by atoms with Crippen LogP contribution in [-0.4, -0.2) is 18.1 Å². The van der Waals surface area contributed by atoms with Crippen molar-refractivity contribution < 1.29 is 14.3 Å². The van der Waals surface area contributed by atoms with Crippen molar-refractivity contribution in [2.45, 2.75) is 33.0 Å². The number of thiazole rings is 1. The van der Waals surface area contributed by atoms with Crippen LogP contribution in [0.5, 0.6) is 0 Å². The fraction of sp³-hybridized carbons (Fsp3) is 0.375. The lowest BCUT2D eigenvalue weighted by Gasteiger charge is -2.05. The molecule has 0 aliphatic heterocycles. The van der Waals surface area contributed by atoms with Crippen molar-refractivity contribution in [2.24, 2.45) is 0 Å². The minimum absolute atomic E-state index is 0.216. The van der Waals surface area contributed by atoms with Crippen LogP contribution in [0.4, 0.5) is 0 Å². The average molecular weight is 305 g/mol. The van der Waals surface area contributed by atoms with E-state index in [0.717, 1.165) is 29.1 Å². The molecule has 1 aromatic heterocycles. The van der Waals surface area contributed by atoms with Crippen molar-refractivity contribution >= 4 is 17.3 Å². The highest BCUT2D eigenvalue weighted by Gasteiger charge is 2.09. The van der Waals surface area contributed by atoms with E-state index < -0.39 is 0 Å². The molecule has 1 heterocycles. The van der Waals surface area contributed by atoms with Crippen LogP contribution in [0.2, 0.25) is 0 Å². The van der Waals surface area contributed by atoms with E-state index in [4.69, 9.17) is 9.47 Å². The molecule has 0 fully saturated rings. The third kappa shape index (κ3) is 4.65. The van der Waals surface area contributed by atoms with E-state index >= 15 is 0 Å². The molecule has 2 rings (SSSR count). The molecule has 21 heavy (non-hydrogen) atoms. The molecule has 5 heteroatoms. The molecule has 1 aromatic carbocycles. The summed E-state index contributed by atoms with van der Waals surface area (Å²) in [5, 5.41) is 3.03. The molecule has 0 aliphatic rings. The zero-order valence-electron chi connectivity index (χ0n) is 12.3. The predicted molar refractivity (Wildman–Crippen MR) is 82.4 cm³/mol. The molecule has 4 nitrogen and oxygen atoms in total. The van der Waals surface area contributed by atoms with E-state index in [-0.39, 0.29) is 12.6 Å². The molecule has 0 saturated carbocycles. The number of benzene rings is 1. The molecule has 0 aliphatic carbocycles. The second-order valence-corrected chi connectivity index (χ2v) is 5.63. The first-order valence-electron chi connectivity index (χ1n) is 6.91. The summed E-state index contributed by atoms with van der Waals surface area (Å²) in [6.07, 6.45) is 2.04. The maximum Gasteiger partial charge on any atom is 0.338 e. The minimum atomic E-state index is -0.335. The minimum Gasteiger partial charge on any atom is -0.456 e. The number of carbonyl (C=O) groups excluding carboxylic acids is 1. The van der Waals surface area contributed by atoms with Crippen molar-refractivity contribution in [1.82, 2.24) is 4.98 Å². The summed E-state index contributed by atoms with van der Waals surface area (Å²) in [6, 6.07) is 7.27. The molecule has 0 amide bonds. The summed E-state index contributed by atoms with van der Waals surface area (Å²) >= 11 is 1.61. The van der Waals surface area contributed by atoms with Crippen LogP contribution in [0.25, 0.3) is 0 Å². The Morgan fingerprint density at radius 2 is 2.19 bits per heavy atom. The fourth-order valence-corrected chi connectivity index (χ4v) is 2.81. The van der Waals surface area contributed by atoms with E-state index in [9.17, 15) is 4.79 Å². The van der Waals surface area contributed by atoms with Gasteiger partial charge in [-0.1, -0.05) is 19.1 Å². The van der Waals surface area contributed by atoms with Gasteiger partial charge < -0.3 is 9.47 Å². The first kappa shape index (κ1) is 15.7. The van der Waals surface area contributed by atoms with E-state index in [1.54, 1.807) is 30.6 Å². The summed E-state index contributed by atoms with van der Waals surface area (Å²) in [7, 11) is 1.63. The van der Waals surface area contributed by atoms with E-state index in [0.29, 0.717) is 12.2 Å². The fourth-order valence-electron chi connectivity index (χ4n) is 1.92. The molecule has 0 saturated heterocycles. The number of aryl methyl sites for hydroxylation is 1. The van der Waals surface area contributed by atoms with Crippen molar-refractivity contribution in [3.63, 3.8) is 0 Å². The van der Waals surface area contributed by atoms with Crippen LogP contribution in [0, 0.1) is 0 Å². The normalized spacial score (nSPS) is 10.6. The molecule has 0 atom stereocenters. The Morgan fingerprint density at radius 1 is 1.33 bits per heavy atom. The van der Waals surface area contributed by atoms with Crippen LogP contribution < -0.4 is 0 Å². The standard InChI is InChI=1S/C16H19NO3S/c1-3-5-15-17-14(11-21-15)10-20-16(18)13-7-4-6-12(8-13)9-19-2/h4,6-8,11H,3,5,9-10H2,1-2H3. The summed E-state index contributed by atoms with van der Waals surface area (Å²) in [5.74, 6) is -0.335. The second-order valence-electron chi connectivity index (χ2n) is 4.69. The monoisotopic (exact) mass is 305 g/mol. The molecule has 0 bridgehead atoms. The largest absolute Gasteiger partial charge is 0.456 e. The SMILES string of the molecule is CCCc1nc(COC(=O)c2cccc(COC)c2)cs1. The lowest BCUT2D eigenvalue weighted by Crippen LogP contribution is -2.06. The summed E-state index contributed by atoms with van der Waals surface area (Å²) in [6.45, 7) is 2.81. The predicted octanol–water partition coefficient (Wildman–Crippen LogP) is 3.60. The Balaban J connectivity index is 1.92. The van der Waals surface area contributed by atoms with E-state index in [2.05, 4.69) is 11.9 Å². The lowest BCUT2D eigenvalue weighted by atomic mass is 10.1. The topological polar surface area (TPSA) is 48.4 Å². The Bertz CT molecular complexity index is 595. The van der Waals surface area contributed by atoms with Crippen LogP contribution in [0.3, 0.4) is 0 Å². The van der Waals surface area contributed by atoms with Gasteiger partial charge in [-0.3, -0.25) is 0 Å². The van der Waals surface area contributed by atoms with Gasteiger partial charge in [0, 0.05) is 12.5 Å². The number of esters is 1. The molecule has 0 spiro atoms. The number of methoxy groups -OCH3 is 1. The zero-order valence-corrected chi connectivity index (χ0v) is 13.1. The Hall–Kier alpha value is -1.72. The van der Waals surface area contributed by atoms with E-state index in [1.807, 2.05) is 17.5 Å². The van der Waals surface area contributed by atoms with Crippen molar-refractivity contribution in [3.05, 3.63) is 51.5 Å². The maximum absolute atomic E-state index is 12.0. The Morgan fingerprint density at radius 3 is 2.95 bits per heavy atom. The molecular weight excluding hydrogens is 286 g/mol. The number of ether oxygens (including phenoxy) is 2. The zero-order chi connectivity index (χ0) is 15.1. The third-order valence-corrected chi connectivity index (χ3v) is 3.85. The number of aromatic nitrogens is 1. The van der Waals surface area contributed by atoms with Gasteiger partial charge >= 0.3 is 5.97 Å². The first-order valence-corrected chi connectivity index (χ1v) is 7.79. The van der Waals surface area contributed by atoms with Crippen LogP contribution in [-0.2, 0) is 29.1 Å². The van der Waals surface area contributed by atoms with Gasteiger partial charge in [0.25, 0.3) is 0 Å². The molecule has 0 unspecified atom stereocenters. The number of rotatable bonds is 7. The van der Waals surface area contributed by atoms with Gasteiger partial charge in [-0.2, -0.15) is 0 Å². The molecule has 0 radical (unpaired) electrons. The number of nitrogens with zero attached hydrogens (tertiary/aromatic N) is 1. The van der Waals surface area contributed by atoms with Crippen molar-refractivity contribution in [3.8, 4) is 0 Å². The highest BCUT2D eigenvalue weighted by molar-refractivity contribution is 7.09. The number of carbonyl (C=O) groups is 1. The Labute approximate surface area is 128 Å². The molecule has 2 aromatic rings. The summed E-state index contributed by atoms with van der Waals surface area (Å²) in [4.78, 5) is 16.5. The van der Waals surface area contributed by atoms with Crippen LogP contribution >= 0.6 is 11.3 Å². The van der Waals surface area contributed by atoms with Crippen LogP contribution in [0.1, 0.15) is 40.0 Å².